The van der Waals surface area contributed by atoms with E-state index in [0.29, 0.717) is 39.4 Å². The van der Waals surface area contributed by atoms with Crippen molar-refractivity contribution < 1.29 is 23.8 Å². The summed E-state index contributed by atoms with van der Waals surface area (Å²) in [4.78, 5) is 30.9. The molecule has 4 rings (SSSR count). The van der Waals surface area contributed by atoms with E-state index >= 15 is 0 Å². The smallest absolute Gasteiger partial charge is 0.338 e. The Kier molecular flexibility index (Phi) is 5.26. The summed E-state index contributed by atoms with van der Waals surface area (Å²) in [6, 6.07) is 12.3. The molecule has 2 aromatic carbocycles. The average molecular weight is 410 g/mol. The average Bonchev–Trinajstić information content (AvgIpc) is 3.29. The summed E-state index contributed by atoms with van der Waals surface area (Å²) in [6.45, 7) is 2.29. The van der Waals surface area contributed by atoms with Gasteiger partial charge in [0.1, 0.15) is 0 Å². The molecule has 2 aliphatic heterocycles. The van der Waals surface area contributed by atoms with Gasteiger partial charge in [0.15, 0.2) is 16.7 Å². The van der Waals surface area contributed by atoms with Crippen LogP contribution >= 0.6 is 11.8 Å². The van der Waals surface area contributed by atoms with Crippen LogP contribution in [0.3, 0.4) is 0 Å². The van der Waals surface area contributed by atoms with Crippen molar-refractivity contribution in [2.24, 2.45) is 4.99 Å². The Morgan fingerprint density at radius 2 is 1.97 bits per heavy atom. The lowest BCUT2D eigenvalue weighted by Crippen LogP contribution is -2.23. The molecule has 148 valence electrons. The zero-order valence-corrected chi connectivity index (χ0v) is 16.7. The number of amides is 1. The van der Waals surface area contributed by atoms with E-state index in [0.717, 1.165) is 5.56 Å². The fourth-order valence-electron chi connectivity index (χ4n) is 2.80. The topological polar surface area (TPSA) is 77.4 Å². The Hall–Kier alpha value is -3.26. The van der Waals surface area contributed by atoms with E-state index in [4.69, 9.17) is 14.2 Å². The molecule has 2 aromatic rings. The minimum atomic E-state index is -0.372. The van der Waals surface area contributed by atoms with Gasteiger partial charge in [-0.25, -0.2) is 9.79 Å². The van der Waals surface area contributed by atoms with Crippen molar-refractivity contribution >= 4 is 40.6 Å². The molecule has 0 aliphatic carbocycles. The first kappa shape index (κ1) is 19.1. The predicted octanol–water partition coefficient (Wildman–Crippen LogP) is 3.83. The Balaban J connectivity index is 1.54. The van der Waals surface area contributed by atoms with Gasteiger partial charge in [-0.05, 0) is 66.7 Å². The number of aliphatic imine (C=N–C) groups is 1. The molecule has 0 spiro atoms. The molecule has 1 fully saturated rings. The largest absolute Gasteiger partial charge is 0.462 e. The van der Waals surface area contributed by atoms with E-state index in [-0.39, 0.29) is 18.7 Å². The molecule has 0 saturated carbocycles. The van der Waals surface area contributed by atoms with Gasteiger partial charge in [-0.3, -0.25) is 9.69 Å². The summed E-state index contributed by atoms with van der Waals surface area (Å²) in [5, 5.41) is 0.561. The maximum atomic E-state index is 12.6. The normalized spacial score (nSPS) is 18.0. The van der Waals surface area contributed by atoms with Crippen LogP contribution in [-0.2, 0) is 9.53 Å². The number of benzene rings is 2. The van der Waals surface area contributed by atoms with Gasteiger partial charge < -0.3 is 14.2 Å². The molecule has 8 heteroatoms. The third kappa shape index (κ3) is 3.97. The SMILES string of the molecule is CCOC(=O)c1ccc(N=C2SC(=Cc3ccc4c(c3)OCO4)C(=O)N2C)cc1. The second kappa shape index (κ2) is 8.00. The second-order valence-corrected chi connectivity index (χ2v) is 7.26. The molecule has 1 amide bonds. The molecule has 0 N–H and O–H groups in total. The van der Waals surface area contributed by atoms with Crippen molar-refractivity contribution in [1.82, 2.24) is 4.90 Å². The predicted molar refractivity (Wildman–Crippen MR) is 110 cm³/mol. The first-order chi connectivity index (χ1) is 14.0. The number of thioether (sulfide) groups is 1. The van der Waals surface area contributed by atoms with Crippen LogP contribution in [0, 0.1) is 0 Å². The summed E-state index contributed by atoms with van der Waals surface area (Å²) in [7, 11) is 1.68. The first-order valence-electron chi connectivity index (χ1n) is 8.98. The van der Waals surface area contributed by atoms with E-state index in [1.54, 1.807) is 44.3 Å². The van der Waals surface area contributed by atoms with Crippen LogP contribution in [0.4, 0.5) is 5.69 Å². The lowest BCUT2D eigenvalue weighted by Gasteiger charge is -2.07. The number of ether oxygens (including phenoxy) is 3. The number of carbonyl (C=O) groups is 2. The van der Waals surface area contributed by atoms with E-state index < -0.39 is 0 Å². The Morgan fingerprint density at radius 3 is 2.72 bits per heavy atom. The molecule has 0 unspecified atom stereocenters. The molecule has 29 heavy (non-hydrogen) atoms. The molecule has 0 aromatic heterocycles. The van der Waals surface area contributed by atoms with E-state index in [9.17, 15) is 9.59 Å². The number of fused-ring (bicyclic) bond motifs is 1. The molecule has 2 aliphatic rings. The summed E-state index contributed by atoms with van der Waals surface area (Å²) in [6.07, 6.45) is 1.80. The Morgan fingerprint density at radius 1 is 1.21 bits per heavy atom. The number of hydrogen-bond acceptors (Lipinski definition) is 7. The standard InChI is InChI=1S/C21H18N2O5S/c1-3-26-20(25)14-5-7-15(8-6-14)22-21-23(2)19(24)18(29-21)11-13-4-9-16-17(10-13)28-12-27-16/h4-11H,3,12H2,1-2H3. The van der Waals surface area contributed by atoms with Gasteiger partial charge >= 0.3 is 5.97 Å². The number of likely N-dealkylation sites (N-methyl/N-ethyl adjacent to an activating group) is 1. The summed E-state index contributed by atoms with van der Waals surface area (Å²) in [5.41, 5.74) is 1.95. The molecular weight excluding hydrogens is 392 g/mol. The van der Waals surface area contributed by atoms with Crippen molar-refractivity contribution in [2.45, 2.75) is 6.92 Å². The van der Waals surface area contributed by atoms with Gasteiger partial charge in [0.25, 0.3) is 5.91 Å². The Labute approximate surface area is 172 Å². The van der Waals surface area contributed by atoms with Crippen molar-refractivity contribution in [2.75, 3.05) is 20.4 Å². The molecule has 0 bridgehead atoms. The third-order valence-electron chi connectivity index (χ3n) is 4.30. The van der Waals surface area contributed by atoms with Crippen LogP contribution in [-0.4, -0.2) is 42.4 Å². The zero-order chi connectivity index (χ0) is 20.4. The molecular formula is C21H18N2O5S. The van der Waals surface area contributed by atoms with Crippen LogP contribution in [0.2, 0.25) is 0 Å². The number of carbonyl (C=O) groups excluding carboxylic acids is 2. The van der Waals surface area contributed by atoms with E-state index in [2.05, 4.69) is 4.99 Å². The molecule has 7 nitrogen and oxygen atoms in total. The molecule has 2 heterocycles. The second-order valence-electron chi connectivity index (χ2n) is 6.25. The maximum Gasteiger partial charge on any atom is 0.338 e. The minimum absolute atomic E-state index is 0.130. The van der Waals surface area contributed by atoms with Crippen LogP contribution in [0.1, 0.15) is 22.8 Å². The van der Waals surface area contributed by atoms with Crippen molar-refractivity contribution in [3.05, 3.63) is 58.5 Å². The lowest BCUT2D eigenvalue weighted by molar-refractivity contribution is -0.121. The Bertz CT molecular complexity index is 1030. The van der Waals surface area contributed by atoms with Gasteiger partial charge in [-0.2, -0.15) is 0 Å². The number of rotatable bonds is 4. The van der Waals surface area contributed by atoms with Gasteiger partial charge in [0, 0.05) is 7.05 Å². The molecule has 0 radical (unpaired) electrons. The highest BCUT2D eigenvalue weighted by Crippen LogP contribution is 2.36. The number of hydrogen-bond donors (Lipinski definition) is 0. The van der Waals surface area contributed by atoms with Gasteiger partial charge in [-0.15, -0.1) is 0 Å². The van der Waals surface area contributed by atoms with Crippen LogP contribution in [0.5, 0.6) is 11.5 Å². The summed E-state index contributed by atoms with van der Waals surface area (Å²) < 4.78 is 15.7. The lowest BCUT2D eigenvalue weighted by atomic mass is 10.2. The monoisotopic (exact) mass is 410 g/mol. The fraction of sp³-hybridized carbons (Fsp3) is 0.190. The fourth-order valence-corrected chi connectivity index (χ4v) is 3.79. The van der Waals surface area contributed by atoms with Crippen LogP contribution in [0.15, 0.2) is 52.4 Å². The third-order valence-corrected chi connectivity index (χ3v) is 5.36. The quantitative estimate of drug-likeness (QED) is 0.563. The zero-order valence-electron chi connectivity index (χ0n) is 15.9. The first-order valence-corrected chi connectivity index (χ1v) is 9.80. The highest BCUT2D eigenvalue weighted by atomic mass is 32.2. The highest BCUT2D eigenvalue weighted by molar-refractivity contribution is 8.18. The van der Waals surface area contributed by atoms with Crippen LogP contribution in [0.25, 0.3) is 6.08 Å². The van der Waals surface area contributed by atoms with E-state index in [1.807, 2.05) is 18.2 Å². The summed E-state index contributed by atoms with van der Waals surface area (Å²) in [5.74, 6) is 0.861. The number of amidine groups is 1. The van der Waals surface area contributed by atoms with Gasteiger partial charge in [0.2, 0.25) is 6.79 Å². The minimum Gasteiger partial charge on any atom is -0.462 e. The van der Waals surface area contributed by atoms with Crippen molar-refractivity contribution in [1.29, 1.82) is 0 Å². The highest BCUT2D eigenvalue weighted by Gasteiger charge is 2.30. The number of esters is 1. The van der Waals surface area contributed by atoms with Crippen molar-refractivity contribution in [3.63, 3.8) is 0 Å². The molecule has 1 saturated heterocycles. The number of nitrogens with zero attached hydrogens (tertiary/aromatic N) is 2. The van der Waals surface area contributed by atoms with Gasteiger partial charge in [0.05, 0.1) is 22.8 Å². The molecule has 0 atom stereocenters. The van der Waals surface area contributed by atoms with Crippen molar-refractivity contribution in [3.8, 4) is 11.5 Å². The van der Waals surface area contributed by atoms with Gasteiger partial charge in [-0.1, -0.05) is 6.07 Å². The van der Waals surface area contributed by atoms with E-state index in [1.165, 1.54) is 16.7 Å². The summed E-state index contributed by atoms with van der Waals surface area (Å²) >= 11 is 1.29. The maximum absolute atomic E-state index is 12.6. The van der Waals surface area contributed by atoms with Crippen LogP contribution < -0.4 is 9.47 Å².